The second kappa shape index (κ2) is 9.12. The second-order valence-corrected chi connectivity index (χ2v) is 8.00. The van der Waals surface area contributed by atoms with Crippen LogP contribution in [0, 0.1) is 6.92 Å². The quantitative estimate of drug-likeness (QED) is 0.418. The average molecular weight is 434 g/mol. The van der Waals surface area contributed by atoms with Crippen LogP contribution in [0.3, 0.4) is 0 Å². The van der Waals surface area contributed by atoms with Gasteiger partial charge >= 0.3 is 7.75 Å². The van der Waals surface area contributed by atoms with Crippen molar-refractivity contribution in [3.8, 4) is 23.0 Å². The van der Waals surface area contributed by atoms with Crippen LogP contribution < -0.4 is 23.6 Å². The first-order chi connectivity index (χ1) is 14.0. The Balaban J connectivity index is 2.02. The molecular formula is C21H21ClNO5P. The van der Waals surface area contributed by atoms with E-state index in [4.69, 9.17) is 30.1 Å². The van der Waals surface area contributed by atoms with Crippen molar-refractivity contribution in [3.05, 3.63) is 77.3 Å². The molecule has 6 nitrogen and oxygen atoms in total. The maximum Gasteiger partial charge on any atom is 0.541 e. The van der Waals surface area contributed by atoms with Gasteiger partial charge in [-0.05, 0) is 48.9 Å². The molecule has 0 heterocycles. The van der Waals surface area contributed by atoms with Crippen molar-refractivity contribution in [1.82, 2.24) is 0 Å². The van der Waals surface area contributed by atoms with Gasteiger partial charge in [-0.25, -0.2) is 4.57 Å². The van der Waals surface area contributed by atoms with E-state index >= 15 is 0 Å². The largest absolute Gasteiger partial charge is 0.541 e. The van der Waals surface area contributed by atoms with Crippen LogP contribution in [0.4, 0.5) is 5.69 Å². The number of hydrogen-bond donors (Lipinski definition) is 1. The first-order valence-electron chi connectivity index (χ1n) is 8.74. The van der Waals surface area contributed by atoms with E-state index in [1.807, 2.05) is 0 Å². The highest BCUT2D eigenvalue weighted by Gasteiger charge is 2.32. The third-order valence-electron chi connectivity index (χ3n) is 4.10. The lowest BCUT2D eigenvalue weighted by molar-refractivity contribution is 0.350. The zero-order valence-electron chi connectivity index (χ0n) is 16.2. The van der Waals surface area contributed by atoms with Crippen LogP contribution in [0.25, 0.3) is 0 Å². The maximum absolute atomic E-state index is 13.8. The first kappa shape index (κ1) is 20.9. The summed E-state index contributed by atoms with van der Waals surface area (Å²) in [5.41, 5.74) is 1.23. The Morgan fingerprint density at radius 3 is 1.72 bits per heavy atom. The Morgan fingerprint density at radius 1 is 0.759 bits per heavy atom. The SMILES string of the molecule is COc1ccccc1OP(=O)(Nc1cccc(Cl)c1C)Oc1ccccc1OC. The van der Waals surface area contributed by atoms with Gasteiger partial charge in [0.05, 0.1) is 14.2 Å². The van der Waals surface area contributed by atoms with Crippen LogP contribution in [0.5, 0.6) is 23.0 Å². The van der Waals surface area contributed by atoms with Gasteiger partial charge < -0.3 is 18.5 Å². The number of ether oxygens (including phenoxy) is 2. The molecule has 0 aliphatic rings. The van der Waals surface area contributed by atoms with E-state index in [9.17, 15) is 4.57 Å². The fourth-order valence-electron chi connectivity index (χ4n) is 2.59. The van der Waals surface area contributed by atoms with Crippen molar-refractivity contribution in [1.29, 1.82) is 0 Å². The van der Waals surface area contributed by atoms with Crippen LogP contribution >= 0.6 is 19.3 Å². The molecule has 0 saturated carbocycles. The summed E-state index contributed by atoms with van der Waals surface area (Å²) in [6.45, 7) is 1.81. The molecule has 3 rings (SSSR count). The Hall–Kier alpha value is -2.82. The maximum atomic E-state index is 13.8. The minimum absolute atomic E-state index is 0.264. The van der Waals surface area contributed by atoms with Gasteiger partial charge in [-0.1, -0.05) is 41.9 Å². The predicted molar refractivity (Wildman–Crippen MR) is 115 cm³/mol. The molecule has 0 atom stereocenters. The summed E-state index contributed by atoms with van der Waals surface area (Å²) in [6.07, 6.45) is 0. The minimum Gasteiger partial charge on any atom is -0.493 e. The van der Waals surface area contributed by atoms with Crippen LogP contribution in [-0.2, 0) is 4.57 Å². The Morgan fingerprint density at radius 2 is 1.24 bits per heavy atom. The highest BCUT2D eigenvalue weighted by molar-refractivity contribution is 7.56. The van der Waals surface area contributed by atoms with Crippen LogP contribution in [0.15, 0.2) is 66.7 Å². The normalized spacial score (nSPS) is 10.9. The number of nitrogens with one attached hydrogen (secondary N) is 1. The summed E-state index contributed by atoms with van der Waals surface area (Å²) in [5, 5.41) is 3.40. The number of para-hydroxylation sites is 4. The summed E-state index contributed by atoms with van der Waals surface area (Å²) in [4.78, 5) is 0. The average Bonchev–Trinajstić information content (AvgIpc) is 2.72. The number of benzene rings is 3. The molecule has 29 heavy (non-hydrogen) atoms. The molecule has 0 aromatic heterocycles. The molecule has 8 heteroatoms. The fraction of sp³-hybridized carbons (Fsp3) is 0.143. The molecular weight excluding hydrogens is 413 g/mol. The van der Waals surface area contributed by atoms with Crippen molar-refractivity contribution in [2.75, 3.05) is 19.3 Å². The summed E-state index contributed by atoms with van der Waals surface area (Å²) in [6, 6.07) is 19.0. The molecule has 0 radical (unpaired) electrons. The Kier molecular flexibility index (Phi) is 6.57. The van der Waals surface area contributed by atoms with Crippen molar-refractivity contribution < 1.29 is 23.1 Å². The first-order valence-corrected chi connectivity index (χ1v) is 10.7. The van der Waals surface area contributed by atoms with Crippen LogP contribution in [0.2, 0.25) is 5.02 Å². The summed E-state index contributed by atoms with van der Waals surface area (Å²) in [5.74, 6) is 1.36. The third kappa shape index (κ3) is 4.97. The van der Waals surface area contributed by atoms with E-state index in [-0.39, 0.29) is 11.5 Å². The van der Waals surface area contributed by atoms with Gasteiger partial charge in [0.25, 0.3) is 0 Å². The van der Waals surface area contributed by atoms with Crippen molar-refractivity contribution in [3.63, 3.8) is 0 Å². The van der Waals surface area contributed by atoms with E-state index in [0.29, 0.717) is 27.8 Å². The summed E-state index contributed by atoms with van der Waals surface area (Å²) in [7, 11) is -0.975. The van der Waals surface area contributed by atoms with Crippen molar-refractivity contribution in [2.24, 2.45) is 0 Å². The smallest absolute Gasteiger partial charge is 0.493 e. The molecule has 0 aliphatic heterocycles. The molecule has 0 amide bonds. The monoisotopic (exact) mass is 433 g/mol. The molecule has 0 aliphatic carbocycles. The number of halogens is 1. The second-order valence-electron chi connectivity index (χ2n) is 6.01. The number of hydrogen-bond acceptors (Lipinski definition) is 5. The van der Waals surface area contributed by atoms with Gasteiger partial charge in [0.15, 0.2) is 23.0 Å². The fourth-order valence-corrected chi connectivity index (χ4v) is 4.25. The van der Waals surface area contributed by atoms with E-state index in [2.05, 4.69) is 5.09 Å². The third-order valence-corrected chi connectivity index (χ3v) is 5.90. The zero-order chi connectivity index (χ0) is 20.9. The number of rotatable bonds is 8. The molecule has 0 bridgehead atoms. The van der Waals surface area contributed by atoms with Gasteiger partial charge in [0.2, 0.25) is 0 Å². The molecule has 0 spiro atoms. The highest BCUT2D eigenvalue weighted by atomic mass is 35.5. The van der Waals surface area contributed by atoms with Crippen molar-refractivity contribution >= 4 is 25.0 Å². The van der Waals surface area contributed by atoms with E-state index in [1.165, 1.54) is 14.2 Å². The summed E-state index contributed by atoms with van der Waals surface area (Å²) < 4.78 is 36.1. The van der Waals surface area contributed by atoms with Crippen LogP contribution in [-0.4, -0.2) is 14.2 Å². The molecule has 152 valence electrons. The predicted octanol–water partition coefficient (Wildman–Crippen LogP) is 6.34. The molecule has 3 aromatic rings. The topological polar surface area (TPSA) is 66.0 Å². The van der Waals surface area contributed by atoms with Gasteiger partial charge in [-0.15, -0.1) is 0 Å². The molecule has 0 saturated heterocycles. The van der Waals surface area contributed by atoms with Gasteiger partial charge in [0, 0.05) is 10.7 Å². The van der Waals surface area contributed by atoms with Gasteiger partial charge in [-0.3, -0.25) is 5.09 Å². The van der Waals surface area contributed by atoms with E-state index in [0.717, 1.165) is 0 Å². The lowest BCUT2D eigenvalue weighted by Gasteiger charge is -2.23. The number of methoxy groups -OCH3 is 2. The number of anilines is 1. The van der Waals surface area contributed by atoms with Gasteiger partial charge in [0.1, 0.15) is 0 Å². The zero-order valence-corrected chi connectivity index (χ0v) is 17.9. The Bertz CT molecular complexity index is 990. The van der Waals surface area contributed by atoms with Gasteiger partial charge in [-0.2, -0.15) is 0 Å². The molecule has 1 N–H and O–H groups in total. The minimum atomic E-state index is -3.98. The lowest BCUT2D eigenvalue weighted by atomic mass is 10.2. The highest BCUT2D eigenvalue weighted by Crippen LogP contribution is 2.52. The molecule has 0 fully saturated rings. The van der Waals surface area contributed by atoms with Crippen LogP contribution in [0.1, 0.15) is 5.56 Å². The summed E-state index contributed by atoms with van der Waals surface area (Å²) >= 11 is 6.21. The standard InChI is InChI=1S/C21H21ClNO5P/c1-15-16(22)9-8-10-17(15)23-29(24,27-20-13-6-4-11-18(20)25-2)28-21-14-7-5-12-19(21)26-3/h4-14H,1-3H3,(H,23,24). The van der Waals surface area contributed by atoms with E-state index < -0.39 is 7.75 Å². The Labute approximate surface area is 174 Å². The molecule has 0 unspecified atom stereocenters. The van der Waals surface area contributed by atoms with E-state index in [1.54, 1.807) is 73.7 Å². The molecule has 3 aromatic carbocycles. The van der Waals surface area contributed by atoms with Crippen molar-refractivity contribution in [2.45, 2.75) is 6.92 Å². The lowest BCUT2D eigenvalue weighted by Crippen LogP contribution is -2.11.